The second kappa shape index (κ2) is 9.77. The molecule has 1 fully saturated rings. The fourth-order valence-electron chi connectivity index (χ4n) is 3.82. The Morgan fingerprint density at radius 3 is 1.97 bits per heavy atom. The summed E-state index contributed by atoms with van der Waals surface area (Å²) in [7, 11) is 1.57. The van der Waals surface area contributed by atoms with E-state index in [9.17, 15) is 9.59 Å². The Hall–Kier alpha value is -3.81. The molecule has 0 unspecified atom stereocenters. The lowest BCUT2D eigenvalue weighted by molar-refractivity contribution is 0.0535. The minimum Gasteiger partial charge on any atom is -0.497 e. The summed E-state index contributed by atoms with van der Waals surface area (Å²) in [5.41, 5.74) is 2.83. The molecule has 2 amide bonds. The van der Waals surface area contributed by atoms with Gasteiger partial charge in [0.2, 0.25) is 0 Å². The number of methoxy groups -OCH3 is 1. The second-order valence-corrected chi connectivity index (χ2v) is 7.94. The molecular formula is C25H27N3O5. The van der Waals surface area contributed by atoms with Crippen LogP contribution < -0.4 is 9.47 Å². The van der Waals surface area contributed by atoms with Crippen molar-refractivity contribution in [3.63, 3.8) is 0 Å². The molecule has 1 aliphatic heterocycles. The van der Waals surface area contributed by atoms with E-state index in [2.05, 4.69) is 5.16 Å². The van der Waals surface area contributed by atoms with Crippen LogP contribution in [0.25, 0.3) is 0 Å². The van der Waals surface area contributed by atoms with Gasteiger partial charge in [-0.2, -0.15) is 0 Å². The van der Waals surface area contributed by atoms with Crippen LogP contribution in [0.3, 0.4) is 0 Å². The molecule has 172 valence electrons. The van der Waals surface area contributed by atoms with Crippen molar-refractivity contribution in [2.75, 3.05) is 33.3 Å². The number of hydrogen-bond acceptors (Lipinski definition) is 6. The van der Waals surface area contributed by atoms with Crippen LogP contribution in [0, 0.1) is 13.8 Å². The van der Waals surface area contributed by atoms with E-state index in [1.165, 1.54) is 0 Å². The number of rotatable bonds is 6. The maximum atomic E-state index is 13.0. The van der Waals surface area contributed by atoms with Crippen LogP contribution in [-0.4, -0.2) is 60.1 Å². The molecule has 2 aromatic carbocycles. The molecule has 0 aliphatic carbocycles. The van der Waals surface area contributed by atoms with Gasteiger partial charge in [0, 0.05) is 37.3 Å². The van der Waals surface area contributed by atoms with Gasteiger partial charge in [-0.15, -0.1) is 0 Å². The lowest BCUT2D eigenvalue weighted by Crippen LogP contribution is -2.50. The van der Waals surface area contributed by atoms with Gasteiger partial charge in [0.1, 0.15) is 23.9 Å². The topological polar surface area (TPSA) is 85.1 Å². The molecule has 1 saturated heterocycles. The zero-order valence-electron chi connectivity index (χ0n) is 19.0. The van der Waals surface area contributed by atoms with E-state index in [1.54, 1.807) is 59.4 Å². The van der Waals surface area contributed by atoms with Crippen molar-refractivity contribution in [1.82, 2.24) is 15.0 Å². The van der Waals surface area contributed by atoms with E-state index < -0.39 is 0 Å². The number of carbonyl (C=O) groups is 2. The molecule has 2 heterocycles. The standard InChI is InChI=1S/C25H27N3O5/c1-17-23(18(2)33-26-17)16-32-22-9-5-7-20(15-22)25(30)28-12-10-27(11-13-28)24(29)19-6-4-8-21(14-19)31-3/h4-9,14-15H,10-13,16H2,1-3H3. The highest BCUT2D eigenvalue weighted by atomic mass is 16.5. The average Bonchev–Trinajstić information content (AvgIpc) is 3.19. The summed E-state index contributed by atoms with van der Waals surface area (Å²) in [4.78, 5) is 29.4. The van der Waals surface area contributed by atoms with E-state index in [0.29, 0.717) is 55.4 Å². The highest BCUT2D eigenvalue weighted by Crippen LogP contribution is 2.20. The van der Waals surface area contributed by atoms with Crippen molar-refractivity contribution < 1.29 is 23.6 Å². The van der Waals surface area contributed by atoms with E-state index in [-0.39, 0.29) is 11.8 Å². The van der Waals surface area contributed by atoms with Crippen LogP contribution >= 0.6 is 0 Å². The lowest BCUT2D eigenvalue weighted by atomic mass is 10.1. The first-order chi connectivity index (χ1) is 16.0. The van der Waals surface area contributed by atoms with Crippen molar-refractivity contribution in [3.8, 4) is 11.5 Å². The number of carbonyl (C=O) groups excluding carboxylic acids is 2. The number of aromatic nitrogens is 1. The second-order valence-electron chi connectivity index (χ2n) is 7.94. The number of benzene rings is 2. The third-order valence-electron chi connectivity index (χ3n) is 5.82. The molecule has 0 radical (unpaired) electrons. The van der Waals surface area contributed by atoms with Gasteiger partial charge in [0.15, 0.2) is 0 Å². The number of amides is 2. The minimum absolute atomic E-state index is 0.0595. The number of nitrogens with zero attached hydrogens (tertiary/aromatic N) is 3. The molecule has 1 aromatic heterocycles. The number of hydrogen-bond donors (Lipinski definition) is 0. The fraction of sp³-hybridized carbons (Fsp3) is 0.320. The minimum atomic E-state index is -0.0775. The van der Waals surface area contributed by atoms with Crippen LogP contribution in [0.2, 0.25) is 0 Å². The Labute approximate surface area is 192 Å². The molecular weight excluding hydrogens is 422 g/mol. The Balaban J connectivity index is 1.35. The Morgan fingerprint density at radius 1 is 0.909 bits per heavy atom. The molecule has 0 N–H and O–H groups in total. The lowest BCUT2D eigenvalue weighted by Gasteiger charge is -2.35. The summed E-state index contributed by atoms with van der Waals surface area (Å²) in [6, 6.07) is 14.3. The normalized spacial score (nSPS) is 13.7. The number of aryl methyl sites for hydroxylation is 2. The summed E-state index contributed by atoms with van der Waals surface area (Å²) in [5, 5.41) is 3.93. The molecule has 0 bridgehead atoms. The Morgan fingerprint density at radius 2 is 1.45 bits per heavy atom. The van der Waals surface area contributed by atoms with Crippen molar-refractivity contribution in [3.05, 3.63) is 76.7 Å². The Bertz CT molecular complexity index is 1130. The van der Waals surface area contributed by atoms with Crippen molar-refractivity contribution in [1.29, 1.82) is 0 Å². The zero-order chi connectivity index (χ0) is 23.4. The summed E-state index contributed by atoms with van der Waals surface area (Å²) < 4.78 is 16.2. The van der Waals surface area contributed by atoms with Crippen LogP contribution in [0.5, 0.6) is 11.5 Å². The molecule has 4 rings (SSSR count). The highest BCUT2D eigenvalue weighted by Gasteiger charge is 2.26. The van der Waals surface area contributed by atoms with Gasteiger partial charge < -0.3 is 23.8 Å². The molecule has 0 saturated carbocycles. The molecule has 8 heteroatoms. The molecule has 33 heavy (non-hydrogen) atoms. The first-order valence-electron chi connectivity index (χ1n) is 10.8. The van der Waals surface area contributed by atoms with Gasteiger partial charge in [-0.25, -0.2) is 0 Å². The smallest absolute Gasteiger partial charge is 0.254 e. The van der Waals surface area contributed by atoms with Gasteiger partial charge >= 0.3 is 0 Å². The van der Waals surface area contributed by atoms with Crippen LogP contribution in [0.4, 0.5) is 0 Å². The first-order valence-corrected chi connectivity index (χ1v) is 10.8. The van der Waals surface area contributed by atoms with Crippen molar-refractivity contribution in [2.24, 2.45) is 0 Å². The number of piperazine rings is 1. The van der Waals surface area contributed by atoms with Gasteiger partial charge in [-0.1, -0.05) is 17.3 Å². The van der Waals surface area contributed by atoms with E-state index in [1.807, 2.05) is 19.9 Å². The first kappa shape index (κ1) is 22.4. The van der Waals surface area contributed by atoms with E-state index in [4.69, 9.17) is 14.0 Å². The fourth-order valence-corrected chi connectivity index (χ4v) is 3.82. The Kier molecular flexibility index (Phi) is 6.63. The van der Waals surface area contributed by atoms with E-state index >= 15 is 0 Å². The quantitative estimate of drug-likeness (QED) is 0.573. The van der Waals surface area contributed by atoms with Crippen LogP contribution in [-0.2, 0) is 6.61 Å². The molecule has 0 spiro atoms. The predicted octanol–water partition coefficient (Wildman–Crippen LogP) is 3.48. The summed E-state index contributed by atoms with van der Waals surface area (Å²) >= 11 is 0. The van der Waals surface area contributed by atoms with Crippen molar-refractivity contribution >= 4 is 11.8 Å². The van der Waals surface area contributed by atoms with Gasteiger partial charge in [0.05, 0.1) is 18.4 Å². The van der Waals surface area contributed by atoms with Crippen molar-refractivity contribution in [2.45, 2.75) is 20.5 Å². The largest absolute Gasteiger partial charge is 0.497 e. The van der Waals surface area contributed by atoms with Gasteiger partial charge in [0.25, 0.3) is 11.8 Å². The number of ether oxygens (including phenoxy) is 2. The third kappa shape index (κ3) is 5.00. The van der Waals surface area contributed by atoms with Gasteiger partial charge in [-0.05, 0) is 50.2 Å². The molecule has 8 nitrogen and oxygen atoms in total. The van der Waals surface area contributed by atoms with E-state index in [0.717, 1.165) is 17.0 Å². The maximum absolute atomic E-state index is 13.0. The van der Waals surface area contributed by atoms with Crippen LogP contribution in [0.15, 0.2) is 53.1 Å². The molecule has 1 aliphatic rings. The summed E-state index contributed by atoms with van der Waals surface area (Å²) in [6.45, 7) is 5.93. The maximum Gasteiger partial charge on any atom is 0.254 e. The SMILES string of the molecule is COc1cccc(C(=O)N2CCN(C(=O)c3cccc(OCc4c(C)noc4C)c3)CC2)c1. The average molecular weight is 450 g/mol. The monoisotopic (exact) mass is 449 g/mol. The summed E-state index contributed by atoms with van der Waals surface area (Å²) in [6.07, 6.45) is 0. The van der Waals surface area contributed by atoms with Gasteiger partial charge in [-0.3, -0.25) is 9.59 Å². The zero-order valence-corrected chi connectivity index (χ0v) is 19.0. The highest BCUT2D eigenvalue weighted by molar-refractivity contribution is 5.96. The summed E-state index contributed by atoms with van der Waals surface area (Å²) in [5.74, 6) is 1.84. The third-order valence-corrected chi connectivity index (χ3v) is 5.82. The predicted molar refractivity (Wildman–Crippen MR) is 122 cm³/mol. The van der Waals surface area contributed by atoms with Crippen LogP contribution in [0.1, 0.15) is 37.7 Å². The molecule has 3 aromatic rings. The molecule has 0 atom stereocenters.